The Balaban J connectivity index is 1.28. The first-order chi connectivity index (χ1) is 19.8. The minimum atomic E-state index is 1.22. The van der Waals surface area contributed by atoms with Crippen molar-refractivity contribution in [3.63, 3.8) is 0 Å². The monoisotopic (exact) mass is 510 g/mol. The number of rotatable bonds is 4. The Bertz CT molecular complexity index is 1990. The van der Waals surface area contributed by atoms with Gasteiger partial charge < -0.3 is 8.80 Å². The standard InChI is InChI=1S/C38H26N2/c1-3-11-27(12-4-1)37-33(25-39-21-9-7-15-35(37)39)31-19-17-30-24-32(20-18-29(30)23-31)34-26-40-22-10-8-16-36(40)38(34)28-13-5-2-6-14-28/h1-26H. The molecule has 188 valence electrons. The van der Waals surface area contributed by atoms with Gasteiger partial charge in [-0.2, -0.15) is 0 Å². The van der Waals surface area contributed by atoms with Gasteiger partial charge in [0.15, 0.2) is 0 Å². The fraction of sp³-hybridized carbons (Fsp3) is 0. The normalized spacial score (nSPS) is 11.5. The van der Waals surface area contributed by atoms with Gasteiger partial charge in [0.2, 0.25) is 0 Å². The van der Waals surface area contributed by atoms with Crippen molar-refractivity contribution in [2.24, 2.45) is 0 Å². The number of benzene rings is 4. The van der Waals surface area contributed by atoms with Crippen LogP contribution in [0.15, 0.2) is 158 Å². The first kappa shape index (κ1) is 22.6. The Morgan fingerprint density at radius 1 is 0.350 bits per heavy atom. The summed E-state index contributed by atoms with van der Waals surface area (Å²) in [6, 6.07) is 47.9. The summed E-state index contributed by atoms with van der Waals surface area (Å²) in [6.07, 6.45) is 8.77. The van der Waals surface area contributed by atoms with Crippen molar-refractivity contribution in [3.05, 3.63) is 158 Å². The molecular weight excluding hydrogens is 484 g/mol. The Morgan fingerprint density at radius 2 is 0.775 bits per heavy atom. The van der Waals surface area contributed by atoms with Gasteiger partial charge in [-0.25, -0.2) is 0 Å². The van der Waals surface area contributed by atoms with Crippen LogP contribution in [-0.4, -0.2) is 8.80 Å². The lowest BCUT2D eigenvalue weighted by Gasteiger charge is -2.10. The molecular formula is C38H26N2. The van der Waals surface area contributed by atoms with Gasteiger partial charge >= 0.3 is 0 Å². The molecule has 0 bridgehead atoms. The summed E-state index contributed by atoms with van der Waals surface area (Å²) in [4.78, 5) is 0. The molecule has 0 aliphatic heterocycles. The molecule has 0 aliphatic carbocycles. The third-order valence-electron chi connectivity index (χ3n) is 7.95. The highest BCUT2D eigenvalue weighted by Gasteiger charge is 2.16. The summed E-state index contributed by atoms with van der Waals surface area (Å²) in [5.74, 6) is 0. The predicted octanol–water partition coefficient (Wildman–Crippen LogP) is 10.0. The molecule has 2 heteroatoms. The summed E-state index contributed by atoms with van der Waals surface area (Å²) in [5, 5.41) is 2.47. The minimum absolute atomic E-state index is 1.22. The summed E-state index contributed by atoms with van der Waals surface area (Å²) < 4.78 is 4.46. The smallest absolute Gasteiger partial charge is 0.0534 e. The molecule has 4 heterocycles. The highest BCUT2D eigenvalue weighted by Crippen LogP contribution is 2.40. The van der Waals surface area contributed by atoms with E-state index < -0.39 is 0 Å². The Labute approximate surface area is 233 Å². The minimum Gasteiger partial charge on any atom is -0.323 e. The quantitative estimate of drug-likeness (QED) is 0.223. The maximum atomic E-state index is 2.33. The third kappa shape index (κ3) is 3.65. The van der Waals surface area contributed by atoms with Crippen molar-refractivity contribution in [2.45, 2.75) is 0 Å². The Morgan fingerprint density at radius 3 is 1.23 bits per heavy atom. The zero-order valence-corrected chi connectivity index (χ0v) is 21.9. The lowest BCUT2D eigenvalue weighted by Crippen LogP contribution is -1.84. The molecule has 8 rings (SSSR count). The summed E-state index contributed by atoms with van der Waals surface area (Å²) in [5.41, 5.74) is 12.4. The number of hydrogen-bond donors (Lipinski definition) is 0. The molecule has 0 unspecified atom stereocenters. The van der Waals surface area contributed by atoms with Crippen LogP contribution < -0.4 is 0 Å². The molecule has 0 atom stereocenters. The predicted molar refractivity (Wildman–Crippen MR) is 168 cm³/mol. The van der Waals surface area contributed by atoms with Gasteiger partial charge in [-0.3, -0.25) is 0 Å². The average molecular weight is 511 g/mol. The second-order valence-corrected chi connectivity index (χ2v) is 10.3. The van der Waals surface area contributed by atoms with Crippen LogP contribution in [0.25, 0.3) is 66.3 Å². The van der Waals surface area contributed by atoms with Crippen molar-refractivity contribution in [3.8, 4) is 44.5 Å². The Hall–Kier alpha value is -5.34. The topological polar surface area (TPSA) is 8.82 Å². The molecule has 4 aromatic carbocycles. The third-order valence-corrected chi connectivity index (χ3v) is 7.95. The molecule has 8 aromatic rings. The fourth-order valence-electron chi connectivity index (χ4n) is 6.08. The van der Waals surface area contributed by atoms with E-state index in [1.807, 2.05) is 0 Å². The van der Waals surface area contributed by atoms with Gasteiger partial charge in [-0.1, -0.05) is 97.1 Å². The number of pyridine rings is 2. The molecule has 0 saturated carbocycles. The second-order valence-electron chi connectivity index (χ2n) is 10.3. The van der Waals surface area contributed by atoms with E-state index in [2.05, 4.69) is 167 Å². The molecule has 2 nitrogen and oxygen atoms in total. The molecule has 0 fully saturated rings. The van der Waals surface area contributed by atoms with E-state index in [4.69, 9.17) is 0 Å². The van der Waals surface area contributed by atoms with Crippen molar-refractivity contribution in [2.75, 3.05) is 0 Å². The van der Waals surface area contributed by atoms with Crippen molar-refractivity contribution in [1.82, 2.24) is 8.80 Å². The zero-order chi connectivity index (χ0) is 26.5. The van der Waals surface area contributed by atoms with Gasteiger partial charge in [0.1, 0.15) is 0 Å². The fourth-order valence-corrected chi connectivity index (χ4v) is 6.08. The van der Waals surface area contributed by atoms with Crippen LogP contribution in [0.1, 0.15) is 0 Å². The molecule has 4 aromatic heterocycles. The van der Waals surface area contributed by atoms with Crippen LogP contribution in [0, 0.1) is 0 Å². The van der Waals surface area contributed by atoms with E-state index >= 15 is 0 Å². The number of hydrogen-bond acceptors (Lipinski definition) is 0. The molecule has 0 aliphatic rings. The molecule has 0 saturated heterocycles. The highest BCUT2D eigenvalue weighted by atomic mass is 14.9. The Kier molecular flexibility index (Phi) is 5.17. The first-order valence-corrected chi connectivity index (χ1v) is 13.7. The van der Waals surface area contributed by atoms with Crippen LogP contribution in [0.4, 0.5) is 0 Å². The molecule has 40 heavy (non-hydrogen) atoms. The van der Waals surface area contributed by atoms with E-state index in [0.29, 0.717) is 0 Å². The van der Waals surface area contributed by atoms with E-state index in [-0.39, 0.29) is 0 Å². The number of nitrogens with zero attached hydrogens (tertiary/aromatic N) is 2. The molecule has 0 radical (unpaired) electrons. The molecule has 0 amide bonds. The van der Waals surface area contributed by atoms with E-state index in [0.717, 1.165) is 0 Å². The van der Waals surface area contributed by atoms with Crippen LogP contribution in [-0.2, 0) is 0 Å². The number of aromatic nitrogens is 2. The largest absolute Gasteiger partial charge is 0.323 e. The molecule has 0 spiro atoms. The maximum Gasteiger partial charge on any atom is 0.0534 e. The average Bonchev–Trinajstić information content (AvgIpc) is 3.61. The SMILES string of the molecule is c1ccc(-c2c(-c3ccc4cc(-c5cn6ccccc6c5-c5ccccc5)ccc4c3)cn3ccccc23)cc1. The van der Waals surface area contributed by atoms with Crippen LogP contribution in [0.3, 0.4) is 0 Å². The molecule has 0 N–H and O–H groups in total. The van der Waals surface area contributed by atoms with Gasteiger partial charge in [0.05, 0.1) is 11.0 Å². The first-order valence-electron chi connectivity index (χ1n) is 13.7. The zero-order valence-electron chi connectivity index (χ0n) is 21.9. The van der Waals surface area contributed by atoms with Crippen molar-refractivity contribution < 1.29 is 0 Å². The van der Waals surface area contributed by atoms with Crippen molar-refractivity contribution in [1.29, 1.82) is 0 Å². The van der Waals surface area contributed by atoms with E-state index in [9.17, 15) is 0 Å². The van der Waals surface area contributed by atoms with Gasteiger partial charge in [0.25, 0.3) is 0 Å². The van der Waals surface area contributed by atoms with E-state index in [1.165, 1.54) is 66.3 Å². The summed E-state index contributed by atoms with van der Waals surface area (Å²) >= 11 is 0. The van der Waals surface area contributed by atoms with E-state index in [1.54, 1.807) is 0 Å². The van der Waals surface area contributed by atoms with Crippen LogP contribution in [0.2, 0.25) is 0 Å². The second kappa shape index (κ2) is 9.14. The lowest BCUT2D eigenvalue weighted by atomic mass is 9.93. The van der Waals surface area contributed by atoms with Crippen LogP contribution >= 0.6 is 0 Å². The van der Waals surface area contributed by atoms with Gasteiger partial charge in [-0.15, -0.1) is 0 Å². The number of fused-ring (bicyclic) bond motifs is 3. The lowest BCUT2D eigenvalue weighted by molar-refractivity contribution is 1.20. The summed E-state index contributed by atoms with van der Waals surface area (Å²) in [7, 11) is 0. The van der Waals surface area contributed by atoms with Crippen LogP contribution in [0.5, 0.6) is 0 Å². The van der Waals surface area contributed by atoms with Gasteiger partial charge in [0, 0.05) is 47.0 Å². The summed E-state index contributed by atoms with van der Waals surface area (Å²) in [6.45, 7) is 0. The van der Waals surface area contributed by atoms with Gasteiger partial charge in [-0.05, 0) is 69.4 Å². The highest BCUT2D eigenvalue weighted by molar-refractivity contribution is 6.00. The van der Waals surface area contributed by atoms with Crippen molar-refractivity contribution >= 4 is 21.8 Å². The maximum absolute atomic E-state index is 2.33.